The van der Waals surface area contributed by atoms with E-state index in [2.05, 4.69) is 35.4 Å². The Kier molecular flexibility index (Phi) is 3.34. The van der Waals surface area contributed by atoms with Crippen molar-refractivity contribution in [1.29, 1.82) is 0 Å². The molecule has 2 unspecified atom stereocenters. The molecule has 2 aromatic heterocycles. The molecule has 1 saturated carbocycles. The van der Waals surface area contributed by atoms with Gasteiger partial charge < -0.3 is 0 Å². The maximum Gasteiger partial charge on any atom is 0.290 e. The Bertz CT molecular complexity index is 875. The molecular formula is C19H22N4O. The van der Waals surface area contributed by atoms with Crippen LogP contribution in [0.5, 0.6) is 0 Å². The van der Waals surface area contributed by atoms with Crippen molar-refractivity contribution in [3.8, 4) is 0 Å². The van der Waals surface area contributed by atoms with E-state index in [0.717, 1.165) is 18.0 Å². The number of allylic oxidation sites excluding steroid dienone is 2. The molecule has 2 aromatic rings. The number of carbonyl (C=O) groups excluding carboxylic acids is 1. The summed E-state index contributed by atoms with van der Waals surface area (Å²) in [5.74, 6) is 1.13. The van der Waals surface area contributed by atoms with Crippen LogP contribution in [0, 0.1) is 24.2 Å². The number of nitrogens with one attached hydrogen (secondary N) is 1. The molecule has 3 aliphatic carbocycles. The fourth-order valence-corrected chi connectivity index (χ4v) is 4.15. The molecule has 124 valence electrons. The summed E-state index contributed by atoms with van der Waals surface area (Å²) in [6.45, 7) is 6.49. The highest BCUT2D eigenvalue weighted by Crippen LogP contribution is 2.58. The van der Waals surface area contributed by atoms with Gasteiger partial charge in [0.15, 0.2) is 0 Å². The minimum absolute atomic E-state index is 0.232. The number of pyridine rings is 1. The van der Waals surface area contributed by atoms with Crippen LogP contribution in [0.4, 0.5) is 0 Å². The van der Waals surface area contributed by atoms with E-state index >= 15 is 0 Å². The normalized spacial score (nSPS) is 24.7. The topological polar surface area (TPSA) is 58.8 Å². The summed E-state index contributed by atoms with van der Waals surface area (Å²) in [6.07, 6.45) is 8.28. The number of amides is 1. The van der Waals surface area contributed by atoms with E-state index in [1.54, 1.807) is 4.40 Å². The Labute approximate surface area is 141 Å². The van der Waals surface area contributed by atoms with Crippen molar-refractivity contribution in [1.82, 2.24) is 14.8 Å². The van der Waals surface area contributed by atoms with Gasteiger partial charge in [-0.3, -0.25) is 9.20 Å². The van der Waals surface area contributed by atoms with Gasteiger partial charge in [0, 0.05) is 6.20 Å². The van der Waals surface area contributed by atoms with E-state index in [-0.39, 0.29) is 5.91 Å². The van der Waals surface area contributed by atoms with Crippen LogP contribution in [0.1, 0.15) is 42.9 Å². The molecule has 0 aromatic carbocycles. The molecule has 5 nitrogen and oxygen atoms in total. The van der Waals surface area contributed by atoms with Crippen LogP contribution in [0.2, 0.25) is 0 Å². The van der Waals surface area contributed by atoms with E-state index in [0.29, 0.717) is 22.7 Å². The second-order valence-corrected chi connectivity index (χ2v) is 7.42. The second kappa shape index (κ2) is 5.30. The summed E-state index contributed by atoms with van der Waals surface area (Å²) in [5.41, 5.74) is 6.27. The summed E-state index contributed by atoms with van der Waals surface area (Å²) >= 11 is 0. The largest absolute Gasteiger partial charge is 0.295 e. The number of nitrogens with zero attached hydrogens (tertiary/aromatic N) is 3. The molecule has 0 radical (unpaired) electrons. The lowest BCUT2D eigenvalue weighted by atomic mass is 9.49. The first kappa shape index (κ1) is 15.1. The van der Waals surface area contributed by atoms with Gasteiger partial charge >= 0.3 is 0 Å². The molecule has 1 fully saturated rings. The zero-order valence-electron chi connectivity index (χ0n) is 14.3. The van der Waals surface area contributed by atoms with Gasteiger partial charge in [0.25, 0.3) is 5.91 Å². The van der Waals surface area contributed by atoms with E-state index < -0.39 is 0 Å². The number of imidazole rings is 1. The third-order valence-electron chi connectivity index (χ3n) is 5.81. The maximum absolute atomic E-state index is 12.5. The fourth-order valence-electron chi connectivity index (χ4n) is 4.15. The predicted molar refractivity (Wildman–Crippen MR) is 94.0 cm³/mol. The van der Waals surface area contributed by atoms with Crippen LogP contribution < -0.4 is 5.43 Å². The average Bonchev–Trinajstić information content (AvgIpc) is 2.90. The molecule has 2 bridgehead atoms. The number of hydrogen-bond acceptors (Lipinski definition) is 3. The lowest BCUT2D eigenvalue weighted by Crippen LogP contribution is -2.48. The smallest absolute Gasteiger partial charge is 0.290 e. The van der Waals surface area contributed by atoms with E-state index in [4.69, 9.17) is 0 Å². The molecule has 24 heavy (non-hydrogen) atoms. The van der Waals surface area contributed by atoms with Gasteiger partial charge in [0.1, 0.15) is 11.3 Å². The summed E-state index contributed by atoms with van der Waals surface area (Å²) in [5, 5.41) is 4.21. The highest BCUT2D eigenvalue weighted by molar-refractivity contribution is 5.95. The van der Waals surface area contributed by atoms with Gasteiger partial charge in [-0.2, -0.15) is 5.10 Å². The Morgan fingerprint density at radius 3 is 3.04 bits per heavy atom. The third kappa shape index (κ3) is 2.19. The molecule has 0 saturated heterocycles. The first-order valence-electron chi connectivity index (χ1n) is 8.45. The first-order chi connectivity index (χ1) is 11.5. The van der Waals surface area contributed by atoms with Gasteiger partial charge in [0.2, 0.25) is 0 Å². The Morgan fingerprint density at radius 1 is 1.46 bits per heavy atom. The lowest BCUT2D eigenvalue weighted by molar-refractivity contribution is -0.00126. The van der Waals surface area contributed by atoms with Gasteiger partial charge in [-0.15, -0.1) is 0 Å². The molecule has 1 N–H and O–H groups in total. The molecular weight excluding hydrogens is 300 g/mol. The number of fused-ring (bicyclic) bond motifs is 2. The molecule has 0 aliphatic heterocycles. The Balaban J connectivity index is 1.51. The quantitative estimate of drug-likeness (QED) is 0.696. The Morgan fingerprint density at radius 2 is 2.29 bits per heavy atom. The number of aryl methyl sites for hydroxylation is 1. The summed E-state index contributed by atoms with van der Waals surface area (Å²) in [6, 6.07) is 5.68. The van der Waals surface area contributed by atoms with Gasteiger partial charge in [0.05, 0.1) is 11.9 Å². The van der Waals surface area contributed by atoms with Crippen LogP contribution in [0.15, 0.2) is 41.1 Å². The highest BCUT2D eigenvalue weighted by Gasteiger charge is 2.50. The molecule has 0 spiro atoms. The zero-order chi connectivity index (χ0) is 16.9. The van der Waals surface area contributed by atoms with Crippen LogP contribution in [-0.4, -0.2) is 21.5 Å². The van der Waals surface area contributed by atoms with Crippen LogP contribution in [-0.2, 0) is 0 Å². The second-order valence-electron chi connectivity index (χ2n) is 7.42. The van der Waals surface area contributed by atoms with E-state index in [1.165, 1.54) is 12.0 Å². The lowest BCUT2D eigenvalue weighted by Gasteiger charge is -2.55. The maximum atomic E-state index is 12.5. The predicted octanol–water partition coefficient (Wildman–Crippen LogP) is 3.35. The minimum atomic E-state index is -0.232. The van der Waals surface area contributed by atoms with Crippen molar-refractivity contribution in [3.63, 3.8) is 0 Å². The zero-order valence-corrected chi connectivity index (χ0v) is 14.3. The molecule has 2 heterocycles. The standard InChI is InChI=1S/C19H22N4O/c1-12-17(23-9-5-4-6-16(23)21-12)18(24)22-20-11-13-7-8-14-10-15(13)19(14,2)3/h4-7,9,11,14-15H,8,10H2,1-3H3,(H,22,24). The van der Waals surface area contributed by atoms with Crippen molar-refractivity contribution < 1.29 is 4.79 Å². The molecule has 1 amide bonds. The van der Waals surface area contributed by atoms with Crippen molar-refractivity contribution in [2.75, 3.05) is 0 Å². The van der Waals surface area contributed by atoms with Crippen molar-refractivity contribution >= 4 is 17.8 Å². The van der Waals surface area contributed by atoms with Crippen molar-refractivity contribution in [2.45, 2.75) is 33.6 Å². The van der Waals surface area contributed by atoms with Crippen LogP contribution in [0.25, 0.3) is 5.65 Å². The SMILES string of the molecule is Cc1nc2ccccn2c1C(=O)NN=CC1=CCC2CC1C2(C)C. The molecule has 5 rings (SSSR count). The molecule has 3 aliphatic rings. The number of aromatic nitrogens is 2. The number of hydrogen-bond donors (Lipinski definition) is 1. The fraction of sp³-hybridized carbons (Fsp3) is 0.421. The third-order valence-corrected chi connectivity index (χ3v) is 5.81. The Hall–Kier alpha value is -2.43. The number of rotatable bonds is 3. The molecule has 2 atom stereocenters. The summed E-state index contributed by atoms with van der Waals surface area (Å²) in [4.78, 5) is 16.9. The van der Waals surface area contributed by atoms with E-state index in [9.17, 15) is 4.79 Å². The molecule has 5 heteroatoms. The summed E-state index contributed by atoms with van der Waals surface area (Å²) < 4.78 is 1.79. The van der Waals surface area contributed by atoms with Gasteiger partial charge in [-0.1, -0.05) is 26.0 Å². The van der Waals surface area contributed by atoms with E-state index in [1.807, 2.05) is 37.5 Å². The first-order valence-corrected chi connectivity index (χ1v) is 8.45. The average molecular weight is 322 g/mol. The number of hydrazone groups is 1. The van der Waals surface area contributed by atoms with Gasteiger partial charge in [-0.05, 0) is 54.7 Å². The van der Waals surface area contributed by atoms with Crippen LogP contribution in [0.3, 0.4) is 0 Å². The van der Waals surface area contributed by atoms with Crippen molar-refractivity contribution in [3.05, 3.63) is 47.4 Å². The summed E-state index contributed by atoms with van der Waals surface area (Å²) in [7, 11) is 0. The van der Waals surface area contributed by atoms with Crippen LogP contribution >= 0.6 is 0 Å². The number of carbonyl (C=O) groups is 1. The minimum Gasteiger partial charge on any atom is -0.295 e. The van der Waals surface area contributed by atoms with Crippen molar-refractivity contribution in [2.24, 2.45) is 22.4 Å². The monoisotopic (exact) mass is 322 g/mol. The highest BCUT2D eigenvalue weighted by atomic mass is 16.2. The van der Waals surface area contributed by atoms with Gasteiger partial charge in [-0.25, -0.2) is 10.4 Å².